The summed E-state index contributed by atoms with van der Waals surface area (Å²) in [5, 5.41) is 0.673. The summed E-state index contributed by atoms with van der Waals surface area (Å²) in [7, 11) is 0. The van der Waals surface area contributed by atoms with Gasteiger partial charge in [-0.1, -0.05) is 29.8 Å². The number of morpholine rings is 1. The van der Waals surface area contributed by atoms with E-state index in [-0.39, 0.29) is 17.8 Å². The van der Waals surface area contributed by atoms with Gasteiger partial charge in [0, 0.05) is 28.9 Å². The van der Waals surface area contributed by atoms with Gasteiger partial charge in [0.1, 0.15) is 11.9 Å². The molecule has 0 aliphatic carbocycles. The van der Waals surface area contributed by atoms with Crippen molar-refractivity contribution in [3.8, 4) is 11.1 Å². The summed E-state index contributed by atoms with van der Waals surface area (Å²) in [5.74, 6) is -0.496. The number of nitrogens with zero attached hydrogens (tertiary/aromatic N) is 2. The number of carbonyl (C=O) groups is 1. The highest BCUT2D eigenvalue weighted by molar-refractivity contribution is 6.30. The molecule has 1 aliphatic rings. The van der Waals surface area contributed by atoms with Crippen LogP contribution in [0, 0.1) is 5.82 Å². The maximum atomic E-state index is 13.1. The number of aromatic nitrogens is 1. The van der Waals surface area contributed by atoms with Crippen molar-refractivity contribution in [2.75, 3.05) is 19.7 Å². The molecule has 1 aliphatic heterocycles. The lowest BCUT2D eigenvalue weighted by molar-refractivity contribution is -0.0247. The predicted molar refractivity (Wildman–Crippen MR) is 106 cm³/mol. The topological polar surface area (TPSA) is 42.4 Å². The fourth-order valence-electron chi connectivity index (χ4n) is 3.22. The maximum absolute atomic E-state index is 13.1. The number of hydrogen-bond donors (Lipinski definition) is 0. The van der Waals surface area contributed by atoms with Gasteiger partial charge in [0.2, 0.25) is 0 Å². The van der Waals surface area contributed by atoms with E-state index in [4.69, 9.17) is 16.3 Å². The van der Waals surface area contributed by atoms with Gasteiger partial charge in [0.15, 0.2) is 0 Å². The van der Waals surface area contributed by atoms with Crippen LogP contribution in [-0.2, 0) is 4.74 Å². The number of benzene rings is 2. The lowest BCUT2D eigenvalue weighted by atomic mass is 10.1. The number of ether oxygens (including phenoxy) is 1. The van der Waals surface area contributed by atoms with E-state index in [1.807, 2.05) is 36.4 Å². The Morgan fingerprint density at radius 1 is 1.11 bits per heavy atom. The van der Waals surface area contributed by atoms with Crippen LogP contribution in [0.3, 0.4) is 0 Å². The minimum atomic E-state index is -0.361. The van der Waals surface area contributed by atoms with Gasteiger partial charge in [-0.2, -0.15) is 0 Å². The molecule has 0 radical (unpaired) electrons. The largest absolute Gasteiger partial charge is 0.368 e. The predicted octanol–water partition coefficient (Wildman–Crippen LogP) is 4.75. The van der Waals surface area contributed by atoms with Crippen molar-refractivity contribution in [1.82, 2.24) is 9.88 Å². The molecule has 0 N–H and O–H groups in total. The summed E-state index contributed by atoms with van der Waals surface area (Å²) in [6.45, 7) is 1.32. The van der Waals surface area contributed by atoms with Crippen LogP contribution in [0.2, 0.25) is 5.02 Å². The second-order valence-corrected chi connectivity index (χ2v) is 7.04. The van der Waals surface area contributed by atoms with Crippen molar-refractivity contribution in [2.45, 2.75) is 6.10 Å². The molecule has 3 aromatic rings. The Hall–Kier alpha value is -2.76. The summed E-state index contributed by atoms with van der Waals surface area (Å²) >= 11 is 6.05. The summed E-state index contributed by atoms with van der Waals surface area (Å²) in [6, 6.07) is 17.1. The van der Waals surface area contributed by atoms with Gasteiger partial charge in [-0.05, 0) is 48.0 Å². The summed E-state index contributed by atoms with van der Waals surface area (Å²) in [5.41, 5.74) is 3.18. The Kier molecular flexibility index (Phi) is 5.37. The second kappa shape index (κ2) is 8.09. The Morgan fingerprint density at radius 3 is 2.64 bits per heavy atom. The van der Waals surface area contributed by atoms with E-state index in [1.165, 1.54) is 24.3 Å². The smallest absolute Gasteiger partial charge is 0.254 e. The molecule has 4 nitrogen and oxygen atoms in total. The van der Waals surface area contributed by atoms with E-state index in [0.29, 0.717) is 30.3 Å². The SMILES string of the molecule is O=C(c1ccc(F)cc1)N1CCOC(c2ccc(-c3cccc(Cl)c3)cn2)C1. The summed E-state index contributed by atoms with van der Waals surface area (Å²) < 4.78 is 18.9. The van der Waals surface area contributed by atoms with Crippen molar-refractivity contribution in [2.24, 2.45) is 0 Å². The van der Waals surface area contributed by atoms with Gasteiger partial charge in [0.25, 0.3) is 5.91 Å². The Morgan fingerprint density at radius 2 is 1.93 bits per heavy atom. The van der Waals surface area contributed by atoms with Gasteiger partial charge in [0.05, 0.1) is 18.8 Å². The Balaban J connectivity index is 1.48. The van der Waals surface area contributed by atoms with E-state index in [2.05, 4.69) is 4.98 Å². The molecule has 142 valence electrons. The van der Waals surface area contributed by atoms with Gasteiger partial charge in [-0.25, -0.2) is 4.39 Å². The molecular weight excluding hydrogens is 379 g/mol. The van der Waals surface area contributed by atoms with Gasteiger partial charge in [-0.3, -0.25) is 9.78 Å². The van der Waals surface area contributed by atoms with Crippen LogP contribution in [0.15, 0.2) is 66.9 Å². The highest BCUT2D eigenvalue weighted by Crippen LogP contribution is 2.26. The first kappa shape index (κ1) is 18.6. The molecular formula is C22H18ClFN2O2. The number of rotatable bonds is 3. The zero-order valence-electron chi connectivity index (χ0n) is 15.0. The molecule has 1 amide bonds. The van der Waals surface area contributed by atoms with Crippen molar-refractivity contribution >= 4 is 17.5 Å². The monoisotopic (exact) mass is 396 g/mol. The van der Waals surface area contributed by atoms with Crippen LogP contribution in [0.5, 0.6) is 0 Å². The van der Waals surface area contributed by atoms with Crippen molar-refractivity contribution < 1.29 is 13.9 Å². The first-order valence-electron chi connectivity index (χ1n) is 8.98. The van der Waals surface area contributed by atoms with Crippen LogP contribution >= 0.6 is 11.6 Å². The third kappa shape index (κ3) is 4.06. The van der Waals surface area contributed by atoms with E-state index in [9.17, 15) is 9.18 Å². The van der Waals surface area contributed by atoms with E-state index >= 15 is 0 Å². The Bertz CT molecular complexity index is 977. The molecule has 1 unspecified atom stereocenters. The van der Waals surface area contributed by atoms with Crippen LogP contribution in [0.1, 0.15) is 22.2 Å². The second-order valence-electron chi connectivity index (χ2n) is 6.60. The first-order chi connectivity index (χ1) is 13.6. The lowest BCUT2D eigenvalue weighted by Gasteiger charge is -2.32. The lowest BCUT2D eigenvalue weighted by Crippen LogP contribution is -2.42. The van der Waals surface area contributed by atoms with Gasteiger partial charge >= 0.3 is 0 Å². The van der Waals surface area contributed by atoms with Gasteiger partial charge in [-0.15, -0.1) is 0 Å². The minimum Gasteiger partial charge on any atom is -0.368 e. The van der Waals surface area contributed by atoms with Crippen molar-refractivity contribution in [3.63, 3.8) is 0 Å². The maximum Gasteiger partial charge on any atom is 0.254 e. The number of amides is 1. The zero-order chi connectivity index (χ0) is 19.5. The highest BCUT2D eigenvalue weighted by atomic mass is 35.5. The molecule has 28 heavy (non-hydrogen) atoms. The standard InChI is InChI=1S/C22H18ClFN2O2/c23-18-3-1-2-16(12-18)17-6-9-20(25-13-17)21-14-26(10-11-28-21)22(27)15-4-7-19(24)8-5-15/h1-9,12-13,21H,10-11,14H2. The molecule has 6 heteroatoms. The number of halogens is 2. The molecule has 1 fully saturated rings. The number of hydrogen-bond acceptors (Lipinski definition) is 3. The van der Waals surface area contributed by atoms with E-state index < -0.39 is 0 Å². The third-order valence-electron chi connectivity index (χ3n) is 4.72. The molecule has 4 rings (SSSR count). The molecule has 2 aromatic carbocycles. The molecule has 0 bridgehead atoms. The number of pyridine rings is 1. The van der Waals surface area contributed by atoms with Crippen LogP contribution in [0.25, 0.3) is 11.1 Å². The van der Waals surface area contributed by atoms with E-state index in [0.717, 1.165) is 16.8 Å². The minimum absolute atomic E-state index is 0.135. The van der Waals surface area contributed by atoms with Crippen molar-refractivity contribution in [1.29, 1.82) is 0 Å². The average molecular weight is 397 g/mol. The van der Waals surface area contributed by atoms with Crippen LogP contribution in [-0.4, -0.2) is 35.5 Å². The third-order valence-corrected chi connectivity index (χ3v) is 4.95. The molecule has 0 saturated carbocycles. The summed E-state index contributed by atoms with van der Waals surface area (Å²) in [4.78, 5) is 18.9. The zero-order valence-corrected chi connectivity index (χ0v) is 15.8. The fourth-order valence-corrected chi connectivity index (χ4v) is 3.41. The average Bonchev–Trinajstić information content (AvgIpc) is 2.74. The summed E-state index contributed by atoms with van der Waals surface area (Å²) in [6.07, 6.45) is 1.48. The molecule has 1 saturated heterocycles. The quantitative estimate of drug-likeness (QED) is 0.641. The molecule has 2 heterocycles. The van der Waals surface area contributed by atoms with Crippen molar-refractivity contribution in [3.05, 3.63) is 89.0 Å². The first-order valence-corrected chi connectivity index (χ1v) is 9.36. The normalized spacial score (nSPS) is 16.8. The molecule has 0 spiro atoms. The fraction of sp³-hybridized carbons (Fsp3) is 0.182. The van der Waals surface area contributed by atoms with Crippen LogP contribution in [0.4, 0.5) is 4.39 Å². The Labute approximate surface area is 167 Å². The number of carbonyl (C=O) groups excluding carboxylic acids is 1. The highest BCUT2D eigenvalue weighted by Gasteiger charge is 2.27. The van der Waals surface area contributed by atoms with Crippen LogP contribution < -0.4 is 0 Å². The molecule has 1 atom stereocenters. The van der Waals surface area contributed by atoms with Gasteiger partial charge < -0.3 is 9.64 Å². The van der Waals surface area contributed by atoms with E-state index in [1.54, 1.807) is 11.1 Å². The molecule has 1 aromatic heterocycles.